The van der Waals surface area contributed by atoms with Crippen LogP contribution in [0.5, 0.6) is 23.0 Å². The molecule has 0 aliphatic heterocycles. The molecule has 8 rings (SSSR count). The van der Waals surface area contributed by atoms with Gasteiger partial charge in [0.15, 0.2) is 0 Å². The number of carboxylic acids is 4. The van der Waals surface area contributed by atoms with Crippen molar-refractivity contribution in [2.45, 2.75) is 105 Å². The van der Waals surface area contributed by atoms with Crippen molar-refractivity contribution >= 4 is 48.2 Å². The van der Waals surface area contributed by atoms with E-state index >= 15 is 0 Å². The molecule has 0 fully saturated rings. The second kappa shape index (κ2) is 48.3. The van der Waals surface area contributed by atoms with Crippen LogP contribution in [0.2, 0.25) is 0 Å². The van der Waals surface area contributed by atoms with Crippen molar-refractivity contribution in [3.63, 3.8) is 0 Å². The second-order valence-corrected chi connectivity index (χ2v) is 22.9. The first-order valence-electron chi connectivity index (χ1n) is 27.5. The van der Waals surface area contributed by atoms with Crippen molar-refractivity contribution in [2.75, 3.05) is 0 Å². The third-order valence-corrected chi connectivity index (χ3v) is 11.4. The number of nitrogens with zero attached hydrogens (tertiary/aromatic N) is 4. The first-order chi connectivity index (χ1) is 41.1. The summed E-state index contributed by atoms with van der Waals surface area (Å²) in [7, 11) is 0. The number of aliphatic carboxylic acids is 4. The fourth-order valence-electron chi connectivity index (χ4n) is 6.41. The Morgan fingerprint density at radius 3 is 0.516 bits per heavy atom. The number of pyridine rings is 4. The van der Waals surface area contributed by atoms with Crippen LogP contribution in [0.1, 0.15) is 128 Å². The Labute approximate surface area is 567 Å². The quantitative estimate of drug-likeness (QED) is 0.0647. The van der Waals surface area contributed by atoms with E-state index < -0.39 is 23.9 Å². The van der Waals surface area contributed by atoms with Crippen molar-refractivity contribution in [2.24, 2.45) is 0 Å². The number of aromatic nitrogens is 4. The average molecular weight is 1380 g/mol. The normalized spacial score (nSPS) is 10.3. The van der Waals surface area contributed by atoms with Crippen LogP contribution < -0.4 is 20.4 Å². The summed E-state index contributed by atoms with van der Waals surface area (Å²) in [5.41, 5.74) is 9.18. The zero-order valence-corrected chi connectivity index (χ0v) is 56.0. The van der Waals surface area contributed by atoms with Crippen LogP contribution in [0.4, 0.5) is 0 Å². The van der Waals surface area contributed by atoms with Crippen LogP contribution in [0.15, 0.2) is 219 Å². The summed E-state index contributed by atoms with van der Waals surface area (Å²) in [6.07, 6.45) is 24.0. The smallest absolute Gasteiger partial charge is 0.545 e. The summed E-state index contributed by atoms with van der Waals surface area (Å²) in [5, 5.41) is 75.5. The number of phenolic OH excluding ortho intramolecular Hbond substituents is 4. The van der Waals surface area contributed by atoms with Crippen LogP contribution in [0, 0.1) is 0 Å². The number of rotatable bonds is 8. The molecular weight excluding hydrogens is 1290 g/mol. The second-order valence-electron chi connectivity index (χ2n) is 22.9. The molecule has 0 aliphatic rings. The molecule has 4 aromatic heterocycles. The molecular formula is C72H87Cu2N4O15+. The SMILES string of the molecule is CC(C)(C)c1ccncc1.CC(C)(C)c1ccncc1.CC(C)(C)c1ccncc1.CC(C)(C)c1ccncc1.O.O.O=C([O-])/C=C/c1ccc(O)cc1.O=C([O-])/C=C/c1ccc(O)cc1.O=C([O-])/C=C/c1ccc(O)cc1.O=C([O-])/C=C/c1ccc(O)cc1.[Cu+2].[Cu+2].[OH3+]. The predicted molar refractivity (Wildman–Crippen MR) is 352 cm³/mol. The number of hydrogen-bond donors (Lipinski definition) is 4. The summed E-state index contributed by atoms with van der Waals surface area (Å²) in [4.78, 5) is 55.8. The van der Waals surface area contributed by atoms with Gasteiger partial charge >= 0.3 is 34.1 Å². The number of benzene rings is 4. The Hall–Kier alpha value is -9.56. The van der Waals surface area contributed by atoms with E-state index in [-0.39, 0.29) is 95.2 Å². The fourth-order valence-corrected chi connectivity index (χ4v) is 6.41. The van der Waals surface area contributed by atoms with E-state index in [9.17, 15) is 39.6 Å². The van der Waals surface area contributed by atoms with E-state index in [2.05, 4.69) is 152 Å². The van der Waals surface area contributed by atoms with Crippen molar-refractivity contribution in [1.29, 1.82) is 0 Å². The maximum Gasteiger partial charge on any atom is 2.00 e. The van der Waals surface area contributed by atoms with Gasteiger partial charge in [-0.15, -0.1) is 0 Å². The summed E-state index contributed by atoms with van der Waals surface area (Å²) < 4.78 is 0. The van der Waals surface area contributed by atoms with Gasteiger partial charge in [-0.05, 0) is 188 Å². The van der Waals surface area contributed by atoms with Gasteiger partial charge in [-0.2, -0.15) is 0 Å². The van der Waals surface area contributed by atoms with Crippen LogP contribution in [-0.2, 0) is 80.5 Å². The third-order valence-electron chi connectivity index (χ3n) is 11.4. The molecule has 506 valence electrons. The van der Waals surface area contributed by atoms with E-state index in [0.29, 0.717) is 22.3 Å². The van der Waals surface area contributed by atoms with Gasteiger partial charge in [0.25, 0.3) is 0 Å². The maximum absolute atomic E-state index is 9.99. The Morgan fingerprint density at radius 1 is 0.290 bits per heavy atom. The maximum atomic E-state index is 9.99. The van der Waals surface area contributed by atoms with Gasteiger partial charge in [-0.3, -0.25) is 19.9 Å². The van der Waals surface area contributed by atoms with E-state index in [1.165, 1.54) is 95.1 Å². The van der Waals surface area contributed by atoms with Crippen molar-refractivity contribution in [1.82, 2.24) is 19.9 Å². The minimum Gasteiger partial charge on any atom is -0.545 e. The molecule has 4 heterocycles. The molecule has 0 bridgehead atoms. The van der Waals surface area contributed by atoms with Gasteiger partial charge in [0.2, 0.25) is 0 Å². The van der Waals surface area contributed by atoms with E-state index in [1.807, 2.05) is 49.6 Å². The topological polar surface area (TPSA) is 389 Å². The number of carbonyl (C=O) groups excluding carboxylic acids is 4. The van der Waals surface area contributed by atoms with Crippen LogP contribution in [0.3, 0.4) is 0 Å². The third kappa shape index (κ3) is 47.1. The summed E-state index contributed by atoms with van der Waals surface area (Å²) in [5.74, 6) is -4.32. The zero-order valence-electron chi connectivity index (χ0n) is 54.1. The Kier molecular flexibility index (Phi) is 47.8. The van der Waals surface area contributed by atoms with Crippen molar-refractivity contribution < 1.29 is 111 Å². The molecule has 0 atom stereocenters. The number of carbonyl (C=O) groups is 4. The fraction of sp³-hybridized carbons (Fsp3) is 0.222. The molecule has 0 saturated carbocycles. The monoisotopic (exact) mass is 1370 g/mol. The summed E-state index contributed by atoms with van der Waals surface area (Å²) in [6.45, 7) is 26.4. The molecule has 0 spiro atoms. The van der Waals surface area contributed by atoms with Crippen molar-refractivity contribution in [3.05, 3.63) is 264 Å². The molecule has 0 unspecified atom stereocenters. The molecule has 0 aliphatic carbocycles. The Balaban J connectivity index is -0.000000315. The number of carboxylic acid groups (broad SMARTS) is 4. The van der Waals surface area contributed by atoms with Gasteiger partial charge < -0.3 is 76.5 Å². The largest absolute Gasteiger partial charge is 2.00 e. The predicted octanol–water partition coefficient (Wildman–Crippen LogP) is 7.56. The summed E-state index contributed by atoms with van der Waals surface area (Å²) >= 11 is 0. The first-order valence-corrected chi connectivity index (χ1v) is 27.5. The number of hydrogen-bond acceptors (Lipinski definition) is 16. The van der Waals surface area contributed by atoms with E-state index in [1.54, 1.807) is 48.5 Å². The van der Waals surface area contributed by atoms with Gasteiger partial charge in [-0.1, -0.05) is 156 Å². The zero-order chi connectivity index (χ0) is 66.4. The molecule has 11 N–H and O–H groups in total. The number of phenols is 4. The molecule has 0 amide bonds. The van der Waals surface area contributed by atoms with Crippen LogP contribution >= 0.6 is 0 Å². The minimum atomic E-state index is -1.23. The first kappa shape index (κ1) is 92.2. The van der Waals surface area contributed by atoms with E-state index in [0.717, 1.165) is 24.3 Å². The molecule has 0 saturated heterocycles. The van der Waals surface area contributed by atoms with E-state index in [4.69, 9.17) is 20.4 Å². The van der Waals surface area contributed by atoms with Gasteiger partial charge in [-0.25, -0.2) is 0 Å². The Bertz CT molecular complexity index is 2930. The van der Waals surface area contributed by atoms with Gasteiger partial charge in [0, 0.05) is 49.6 Å². The summed E-state index contributed by atoms with van der Waals surface area (Å²) in [6, 6.07) is 41.1. The molecule has 2 radical (unpaired) electrons. The molecule has 8 aromatic rings. The standard InChI is InChI=1S/4C9H13N.4C9H8O3.2Cu.3H2O/c4*1-9(2,3)8-4-6-10-7-5-8;4*10-8-4-1-7(2-5-8)3-6-9(11)12;;;;;/h4*4-7H,1-3H3;4*1-6,10H,(H,11,12);;;3*1H2/q;;;;;;;;2*+2;;;/p-3/b;;;;4*6-3+;;;;;. The van der Waals surface area contributed by atoms with Crippen LogP contribution in [0.25, 0.3) is 24.3 Å². The number of aromatic hydroxyl groups is 4. The molecule has 4 aromatic carbocycles. The molecule has 21 heteroatoms. The molecule has 93 heavy (non-hydrogen) atoms. The Morgan fingerprint density at radius 2 is 0.419 bits per heavy atom. The minimum absolute atomic E-state index is 0. The molecule has 19 nitrogen and oxygen atoms in total. The van der Waals surface area contributed by atoms with Crippen LogP contribution in [-0.4, -0.2) is 75.2 Å². The van der Waals surface area contributed by atoms with Gasteiger partial charge in [0.05, 0.1) is 23.9 Å². The average Bonchev–Trinajstić information content (AvgIpc) is 3.69. The van der Waals surface area contributed by atoms with Gasteiger partial charge in [0.1, 0.15) is 23.0 Å². The van der Waals surface area contributed by atoms with Crippen molar-refractivity contribution in [3.8, 4) is 23.0 Å².